The fraction of sp³-hybridized carbons (Fsp3) is 0.389. The molecule has 0 heterocycles. The molecule has 0 bridgehead atoms. The Morgan fingerprint density at radius 2 is 1.88 bits per heavy atom. The van der Waals surface area contributed by atoms with Gasteiger partial charge in [-0.05, 0) is 25.5 Å². The number of hydrogen-bond donors (Lipinski definition) is 0. The molecular formula is C18H23NO5S. The zero-order valence-corrected chi connectivity index (χ0v) is 15.5. The van der Waals surface area contributed by atoms with Crippen LogP contribution in [0.5, 0.6) is 0 Å². The Labute approximate surface area is 149 Å². The molecule has 6 nitrogen and oxygen atoms in total. The van der Waals surface area contributed by atoms with E-state index in [0.717, 1.165) is 12.0 Å². The fourth-order valence-corrected chi connectivity index (χ4v) is 3.11. The standard InChI is InChI=1S/C18H23NO5S/c1-4-5-6-13-19(14-7-8-15-24-18(20)23-3)25(21,22)17-11-9-16(2)10-12-17/h5-6,9-12H,4,13-15H2,1-3H3/b6-5-. The average Bonchev–Trinajstić information content (AvgIpc) is 2.60. The Morgan fingerprint density at radius 1 is 1.20 bits per heavy atom. The van der Waals surface area contributed by atoms with Crippen LogP contribution in [0, 0.1) is 18.8 Å². The lowest BCUT2D eigenvalue weighted by atomic mass is 10.2. The number of sulfonamides is 1. The second kappa shape index (κ2) is 10.5. The molecule has 0 unspecified atom stereocenters. The number of carbonyl (C=O) groups is 1. The second-order valence-corrected chi connectivity index (χ2v) is 7.02. The van der Waals surface area contributed by atoms with Crippen molar-refractivity contribution in [2.75, 3.05) is 26.8 Å². The first-order chi connectivity index (χ1) is 11.9. The molecule has 1 aromatic carbocycles. The van der Waals surface area contributed by atoms with Gasteiger partial charge in [0.1, 0.15) is 0 Å². The van der Waals surface area contributed by atoms with Gasteiger partial charge in [0, 0.05) is 6.54 Å². The van der Waals surface area contributed by atoms with Gasteiger partial charge in [-0.1, -0.05) is 48.6 Å². The molecule has 0 aliphatic heterocycles. The highest BCUT2D eigenvalue weighted by Gasteiger charge is 2.22. The third-order valence-corrected chi connectivity index (χ3v) is 5.01. The van der Waals surface area contributed by atoms with Gasteiger partial charge in [0.2, 0.25) is 10.0 Å². The van der Waals surface area contributed by atoms with Crippen LogP contribution >= 0.6 is 0 Å². The number of aryl methyl sites for hydroxylation is 1. The predicted octanol–water partition coefficient (Wildman–Crippen LogP) is 2.74. The van der Waals surface area contributed by atoms with Crippen LogP contribution in [-0.4, -0.2) is 45.7 Å². The van der Waals surface area contributed by atoms with Crippen LogP contribution in [0.4, 0.5) is 4.79 Å². The second-order valence-electron chi connectivity index (χ2n) is 5.09. The van der Waals surface area contributed by atoms with Gasteiger partial charge in [0.15, 0.2) is 6.61 Å². The van der Waals surface area contributed by atoms with E-state index in [-0.39, 0.29) is 24.6 Å². The summed E-state index contributed by atoms with van der Waals surface area (Å²) in [6.07, 6.45) is 3.67. The maximum absolute atomic E-state index is 12.8. The fourth-order valence-electron chi connectivity index (χ4n) is 1.81. The molecule has 0 aliphatic rings. The van der Waals surface area contributed by atoms with Crippen LogP contribution in [0.25, 0.3) is 0 Å². The maximum Gasteiger partial charge on any atom is 0.508 e. The van der Waals surface area contributed by atoms with Crippen LogP contribution in [0.2, 0.25) is 0 Å². The zero-order chi connectivity index (χ0) is 18.7. The molecule has 136 valence electrons. The Morgan fingerprint density at radius 3 is 2.48 bits per heavy atom. The van der Waals surface area contributed by atoms with Gasteiger partial charge in [-0.3, -0.25) is 0 Å². The van der Waals surface area contributed by atoms with Crippen molar-refractivity contribution < 1.29 is 22.7 Å². The van der Waals surface area contributed by atoms with Gasteiger partial charge in [-0.15, -0.1) is 0 Å². The lowest BCUT2D eigenvalue weighted by Gasteiger charge is -2.18. The summed E-state index contributed by atoms with van der Waals surface area (Å²) in [7, 11) is -2.46. The zero-order valence-electron chi connectivity index (χ0n) is 14.7. The summed E-state index contributed by atoms with van der Waals surface area (Å²) in [4.78, 5) is 11.0. The number of methoxy groups -OCH3 is 1. The molecule has 0 amide bonds. The average molecular weight is 365 g/mol. The van der Waals surface area contributed by atoms with E-state index in [2.05, 4.69) is 21.3 Å². The van der Waals surface area contributed by atoms with E-state index in [0.29, 0.717) is 0 Å². The first kappa shape index (κ1) is 20.7. The molecule has 0 saturated carbocycles. The Bertz CT molecular complexity index is 742. The maximum atomic E-state index is 12.8. The van der Waals surface area contributed by atoms with Crippen LogP contribution in [0.3, 0.4) is 0 Å². The molecule has 7 heteroatoms. The van der Waals surface area contributed by atoms with Gasteiger partial charge < -0.3 is 9.47 Å². The summed E-state index contributed by atoms with van der Waals surface area (Å²) in [5.41, 5.74) is 0.983. The number of hydrogen-bond acceptors (Lipinski definition) is 5. The molecule has 0 N–H and O–H groups in total. The van der Waals surface area contributed by atoms with Crippen LogP contribution in [0.15, 0.2) is 41.3 Å². The van der Waals surface area contributed by atoms with E-state index in [1.165, 1.54) is 11.4 Å². The summed E-state index contributed by atoms with van der Waals surface area (Å²) in [5, 5.41) is 0. The van der Waals surface area contributed by atoms with Crippen molar-refractivity contribution in [3.8, 4) is 11.8 Å². The Kier molecular flexibility index (Phi) is 8.75. The quantitative estimate of drug-likeness (QED) is 0.422. The topological polar surface area (TPSA) is 72.9 Å². The molecule has 1 aromatic rings. The van der Waals surface area contributed by atoms with Crippen molar-refractivity contribution in [3.05, 3.63) is 42.0 Å². The third kappa shape index (κ3) is 6.99. The summed E-state index contributed by atoms with van der Waals surface area (Å²) in [6, 6.07) is 6.66. The van der Waals surface area contributed by atoms with Crippen molar-refractivity contribution in [2.45, 2.75) is 25.2 Å². The number of benzene rings is 1. The van der Waals surface area contributed by atoms with Crippen molar-refractivity contribution in [2.24, 2.45) is 0 Å². The van der Waals surface area contributed by atoms with E-state index in [9.17, 15) is 13.2 Å². The molecule has 25 heavy (non-hydrogen) atoms. The smallest absolute Gasteiger partial charge is 0.438 e. The van der Waals surface area contributed by atoms with Crippen LogP contribution < -0.4 is 0 Å². The Hall–Kier alpha value is -2.30. The highest BCUT2D eigenvalue weighted by atomic mass is 32.2. The largest absolute Gasteiger partial charge is 0.508 e. The molecule has 0 aliphatic carbocycles. The minimum absolute atomic E-state index is 0.00516. The molecule has 0 spiro atoms. The van der Waals surface area contributed by atoms with Crippen molar-refractivity contribution in [1.82, 2.24) is 4.31 Å². The summed E-state index contributed by atoms with van der Waals surface area (Å²) in [5.74, 6) is 5.31. The molecule has 0 saturated heterocycles. The molecule has 0 atom stereocenters. The Balaban J connectivity index is 2.88. The highest BCUT2D eigenvalue weighted by molar-refractivity contribution is 7.89. The van der Waals surface area contributed by atoms with Gasteiger partial charge in [-0.25, -0.2) is 13.2 Å². The molecule has 1 rings (SSSR count). The van der Waals surface area contributed by atoms with Gasteiger partial charge in [0.25, 0.3) is 0 Å². The van der Waals surface area contributed by atoms with E-state index in [4.69, 9.17) is 0 Å². The molecule has 0 fully saturated rings. The van der Waals surface area contributed by atoms with E-state index in [1.54, 1.807) is 30.3 Å². The lowest BCUT2D eigenvalue weighted by molar-refractivity contribution is 0.0832. The van der Waals surface area contributed by atoms with Crippen molar-refractivity contribution in [1.29, 1.82) is 0 Å². The van der Waals surface area contributed by atoms with E-state index >= 15 is 0 Å². The predicted molar refractivity (Wildman–Crippen MR) is 95.5 cm³/mol. The molecular weight excluding hydrogens is 342 g/mol. The van der Waals surface area contributed by atoms with Gasteiger partial charge in [-0.2, -0.15) is 4.31 Å². The van der Waals surface area contributed by atoms with Crippen molar-refractivity contribution >= 4 is 16.2 Å². The molecule has 0 radical (unpaired) electrons. The highest BCUT2D eigenvalue weighted by Crippen LogP contribution is 2.16. The summed E-state index contributed by atoms with van der Waals surface area (Å²) < 4.78 is 35.8. The van der Waals surface area contributed by atoms with E-state index in [1.807, 2.05) is 19.9 Å². The summed E-state index contributed by atoms with van der Waals surface area (Å²) >= 11 is 0. The monoisotopic (exact) mass is 365 g/mol. The number of allylic oxidation sites excluding steroid dienone is 1. The summed E-state index contributed by atoms with van der Waals surface area (Å²) in [6.45, 7) is 3.92. The number of nitrogens with zero attached hydrogens (tertiary/aromatic N) is 1. The molecule has 0 aromatic heterocycles. The lowest BCUT2D eigenvalue weighted by Crippen LogP contribution is -2.31. The number of ether oxygens (including phenoxy) is 2. The normalized spacial score (nSPS) is 11.2. The number of rotatable bonds is 7. The van der Waals surface area contributed by atoms with E-state index < -0.39 is 16.2 Å². The minimum atomic E-state index is -3.66. The first-order valence-corrected chi connectivity index (χ1v) is 9.24. The first-order valence-electron chi connectivity index (χ1n) is 7.80. The number of carbonyl (C=O) groups excluding carboxylic acids is 1. The van der Waals surface area contributed by atoms with Crippen LogP contribution in [-0.2, 0) is 19.5 Å². The third-order valence-electron chi connectivity index (χ3n) is 3.18. The van der Waals surface area contributed by atoms with Crippen molar-refractivity contribution in [3.63, 3.8) is 0 Å². The van der Waals surface area contributed by atoms with Gasteiger partial charge >= 0.3 is 6.16 Å². The van der Waals surface area contributed by atoms with Crippen LogP contribution in [0.1, 0.15) is 18.9 Å². The minimum Gasteiger partial charge on any atom is -0.438 e. The van der Waals surface area contributed by atoms with Gasteiger partial charge in [0.05, 0.1) is 18.6 Å². The SMILES string of the molecule is CC/C=C\CN(CC#CCOC(=O)OC)S(=O)(=O)c1ccc(C)cc1.